The van der Waals surface area contributed by atoms with Gasteiger partial charge in [0, 0.05) is 14.0 Å². The number of alkyl halides is 2. The zero-order valence-corrected chi connectivity index (χ0v) is 11.7. The van der Waals surface area contributed by atoms with E-state index < -0.39 is 24.0 Å². The van der Waals surface area contributed by atoms with E-state index in [1.54, 1.807) is 6.92 Å². The third kappa shape index (κ3) is 2.50. The van der Waals surface area contributed by atoms with E-state index in [1.165, 1.54) is 7.05 Å². The number of benzene rings is 1. The molecule has 2 rings (SSSR count). The first kappa shape index (κ1) is 14.4. The first-order chi connectivity index (χ1) is 9.28. The van der Waals surface area contributed by atoms with Gasteiger partial charge < -0.3 is 5.32 Å². The highest BCUT2D eigenvalue weighted by atomic mass is 19.3. The van der Waals surface area contributed by atoms with Gasteiger partial charge in [-0.25, -0.2) is 13.6 Å². The average molecular weight is 281 g/mol. The first-order valence-corrected chi connectivity index (χ1v) is 6.28. The molecule has 1 heterocycles. The van der Waals surface area contributed by atoms with Crippen molar-refractivity contribution in [3.05, 3.63) is 35.9 Å². The third-order valence-corrected chi connectivity index (χ3v) is 3.30. The van der Waals surface area contributed by atoms with Crippen LogP contribution in [0.15, 0.2) is 35.3 Å². The van der Waals surface area contributed by atoms with E-state index >= 15 is 0 Å². The number of nitrogens with zero attached hydrogens (tertiary/aromatic N) is 2. The highest BCUT2D eigenvalue weighted by molar-refractivity contribution is 6.10. The summed E-state index contributed by atoms with van der Waals surface area (Å²) in [7, 11) is 1.50. The van der Waals surface area contributed by atoms with Crippen LogP contribution >= 0.6 is 0 Å². The Hall–Kier alpha value is -1.98. The maximum Gasteiger partial charge on any atom is 0.324 e. The molecular weight excluding hydrogens is 264 g/mol. The molecule has 1 unspecified atom stereocenters. The number of urea groups is 1. The van der Waals surface area contributed by atoms with Crippen LogP contribution < -0.4 is 5.32 Å². The van der Waals surface area contributed by atoms with Crippen molar-refractivity contribution in [2.75, 3.05) is 13.6 Å². The molecule has 4 nitrogen and oxygen atoms in total. The number of carbonyl (C=O) groups is 1. The van der Waals surface area contributed by atoms with Crippen LogP contribution in [0, 0.1) is 0 Å². The van der Waals surface area contributed by atoms with Gasteiger partial charge in [-0.05, 0) is 12.5 Å². The van der Waals surface area contributed by atoms with Gasteiger partial charge in [0.2, 0.25) is 0 Å². The molecule has 6 heteroatoms. The summed E-state index contributed by atoms with van der Waals surface area (Å²) in [6, 6.07) is 8.62. The van der Waals surface area contributed by atoms with Gasteiger partial charge in [-0.2, -0.15) is 0 Å². The largest absolute Gasteiger partial charge is 0.324 e. The van der Waals surface area contributed by atoms with Crippen molar-refractivity contribution in [2.45, 2.75) is 25.3 Å². The van der Waals surface area contributed by atoms with Gasteiger partial charge in [-0.3, -0.25) is 9.89 Å². The predicted molar refractivity (Wildman–Crippen MR) is 73.0 cm³/mol. The van der Waals surface area contributed by atoms with E-state index in [2.05, 4.69) is 10.3 Å². The summed E-state index contributed by atoms with van der Waals surface area (Å²) in [5.74, 6) is -2.68. The predicted octanol–water partition coefficient (Wildman–Crippen LogP) is 2.61. The lowest BCUT2D eigenvalue weighted by atomic mass is 9.91. The Kier molecular flexibility index (Phi) is 3.50. The molecule has 1 saturated heterocycles. The lowest BCUT2D eigenvalue weighted by molar-refractivity contribution is 0.00897. The molecule has 0 saturated carbocycles. The van der Waals surface area contributed by atoms with Crippen LogP contribution in [0.5, 0.6) is 0 Å². The SMILES string of the molecule is CN=C1N(CC(C)(F)F)C(=O)NC1(C)c1ccccc1. The zero-order valence-electron chi connectivity index (χ0n) is 11.7. The van der Waals surface area contributed by atoms with E-state index in [9.17, 15) is 13.6 Å². The number of amides is 2. The molecule has 1 aliphatic heterocycles. The van der Waals surface area contributed by atoms with Crippen LogP contribution in [0.3, 0.4) is 0 Å². The second kappa shape index (κ2) is 4.85. The van der Waals surface area contributed by atoms with Gasteiger partial charge in [0.05, 0.1) is 6.54 Å². The Morgan fingerprint density at radius 1 is 1.35 bits per heavy atom. The van der Waals surface area contributed by atoms with Gasteiger partial charge >= 0.3 is 6.03 Å². The molecular formula is C14H17F2N3O. The van der Waals surface area contributed by atoms with E-state index in [4.69, 9.17) is 0 Å². The van der Waals surface area contributed by atoms with Crippen molar-refractivity contribution in [2.24, 2.45) is 4.99 Å². The fourth-order valence-electron chi connectivity index (χ4n) is 2.44. The standard InChI is InChI=1S/C14H17F2N3O/c1-13(15,16)9-19-11(17-3)14(2,18-12(19)20)10-7-5-4-6-8-10/h4-8H,9H2,1-3H3,(H,18,20). The molecule has 1 aliphatic rings. The zero-order chi connectivity index (χ0) is 15.0. The Morgan fingerprint density at radius 2 is 1.95 bits per heavy atom. The highest BCUT2D eigenvalue weighted by Crippen LogP contribution is 2.31. The van der Waals surface area contributed by atoms with Gasteiger partial charge in [-0.15, -0.1) is 0 Å². The molecule has 1 atom stereocenters. The van der Waals surface area contributed by atoms with Crippen LogP contribution in [0.25, 0.3) is 0 Å². The highest BCUT2D eigenvalue weighted by Gasteiger charge is 2.48. The first-order valence-electron chi connectivity index (χ1n) is 6.28. The number of hydrogen-bond donors (Lipinski definition) is 1. The van der Waals surface area contributed by atoms with Gasteiger partial charge in [0.1, 0.15) is 11.4 Å². The molecule has 20 heavy (non-hydrogen) atoms. The Morgan fingerprint density at radius 3 is 2.45 bits per heavy atom. The summed E-state index contributed by atoms with van der Waals surface area (Å²) in [6.07, 6.45) is 0. The minimum atomic E-state index is -2.98. The number of halogens is 2. The average Bonchev–Trinajstić information content (AvgIpc) is 2.61. The third-order valence-electron chi connectivity index (χ3n) is 3.30. The fourth-order valence-corrected chi connectivity index (χ4v) is 2.44. The topological polar surface area (TPSA) is 44.7 Å². The van der Waals surface area contributed by atoms with Crippen LogP contribution in [0.1, 0.15) is 19.4 Å². The normalized spacial score (nSPS) is 25.1. The van der Waals surface area contributed by atoms with Crippen molar-refractivity contribution >= 4 is 11.9 Å². The summed E-state index contributed by atoms with van der Waals surface area (Å²) in [5, 5.41) is 2.74. The quantitative estimate of drug-likeness (QED) is 0.909. The fraction of sp³-hybridized carbons (Fsp3) is 0.429. The number of nitrogens with one attached hydrogen (secondary N) is 1. The maximum absolute atomic E-state index is 13.2. The second-order valence-corrected chi connectivity index (χ2v) is 5.12. The molecule has 1 N–H and O–H groups in total. The van der Waals surface area contributed by atoms with Gasteiger partial charge in [0.25, 0.3) is 5.92 Å². The Bertz CT molecular complexity index is 539. The van der Waals surface area contributed by atoms with E-state index in [-0.39, 0.29) is 0 Å². The molecule has 0 aromatic heterocycles. The number of rotatable bonds is 3. The van der Waals surface area contributed by atoms with Crippen LogP contribution in [-0.4, -0.2) is 36.3 Å². The number of carbonyl (C=O) groups excluding carboxylic acids is 1. The minimum Gasteiger partial charge on any atom is -0.321 e. The van der Waals surface area contributed by atoms with Crippen molar-refractivity contribution in [1.29, 1.82) is 0 Å². The maximum atomic E-state index is 13.2. The summed E-state index contributed by atoms with van der Waals surface area (Å²) >= 11 is 0. The molecule has 2 amide bonds. The monoisotopic (exact) mass is 281 g/mol. The smallest absolute Gasteiger partial charge is 0.321 e. The van der Waals surface area contributed by atoms with Crippen molar-refractivity contribution in [3.63, 3.8) is 0 Å². The molecule has 0 radical (unpaired) electrons. The summed E-state index contributed by atoms with van der Waals surface area (Å²) in [4.78, 5) is 17.1. The second-order valence-electron chi connectivity index (χ2n) is 5.12. The van der Waals surface area contributed by atoms with Gasteiger partial charge in [0.15, 0.2) is 0 Å². The van der Waals surface area contributed by atoms with Gasteiger partial charge in [-0.1, -0.05) is 30.3 Å². The molecule has 108 valence electrons. The summed E-state index contributed by atoms with van der Waals surface area (Å²) < 4.78 is 26.5. The van der Waals surface area contributed by atoms with Crippen LogP contribution in [-0.2, 0) is 5.54 Å². The molecule has 1 aromatic carbocycles. The molecule has 1 aromatic rings. The molecule has 0 spiro atoms. The van der Waals surface area contributed by atoms with Crippen LogP contribution in [0.4, 0.5) is 13.6 Å². The van der Waals surface area contributed by atoms with E-state index in [0.717, 1.165) is 17.4 Å². The summed E-state index contributed by atoms with van der Waals surface area (Å²) in [5.41, 5.74) is -0.0888. The molecule has 1 fully saturated rings. The van der Waals surface area contributed by atoms with E-state index in [1.807, 2.05) is 30.3 Å². The van der Waals surface area contributed by atoms with Crippen molar-refractivity contribution in [1.82, 2.24) is 10.2 Å². The molecule has 0 bridgehead atoms. The minimum absolute atomic E-state index is 0.301. The van der Waals surface area contributed by atoms with Crippen LogP contribution in [0.2, 0.25) is 0 Å². The van der Waals surface area contributed by atoms with Crippen molar-refractivity contribution in [3.8, 4) is 0 Å². The van der Waals surface area contributed by atoms with E-state index in [0.29, 0.717) is 5.84 Å². The Balaban J connectivity index is 2.41. The molecule has 0 aliphatic carbocycles. The number of hydrogen-bond acceptors (Lipinski definition) is 2. The van der Waals surface area contributed by atoms with Crippen molar-refractivity contribution < 1.29 is 13.6 Å². The lowest BCUT2D eigenvalue weighted by Gasteiger charge is -2.27. The summed E-state index contributed by atoms with van der Waals surface area (Å²) in [6.45, 7) is 1.86. The number of amidine groups is 1. The number of aliphatic imine (C=N–C) groups is 1. The Labute approximate surface area is 116 Å². The lowest BCUT2D eigenvalue weighted by Crippen LogP contribution is -2.43.